The van der Waals surface area contributed by atoms with Gasteiger partial charge in [0, 0.05) is 29.0 Å². The van der Waals surface area contributed by atoms with Gasteiger partial charge in [-0.05, 0) is 44.2 Å². The Balaban J connectivity index is 1.59. The summed E-state index contributed by atoms with van der Waals surface area (Å²) < 4.78 is 17.3. The third-order valence-electron chi connectivity index (χ3n) is 4.72. The highest BCUT2D eigenvalue weighted by molar-refractivity contribution is 5.92. The van der Waals surface area contributed by atoms with Crippen molar-refractivity contribution >= 4 is 10.9 Å². The molecule has 0 radical (unpaired) electrons. The highest BCUT2D eigenvalue weighted by Gasteiger charge is 2.10. The molecule has 0 saturated heterocycles. The van der Waals surface area contributed by atoms with Crippen LogP contribution in [0.5, 0.6) is 0 Å². The summed E-state index contributed by atoms with van der Waals surface area (Å²) in [4.78, 5) is 8.85. The van der Waals surface area contributed by atoms with Gasteiger partial charge in [0.2, 0.25) is 0 Å². The predicted molar refractivity (Wildman–Crippen MR) is 118 cm³/mol. The molecule has 0 N–H and O–H groups in total. The average Bonchev–Trinajstić information content (AvgIpc) is 3.38. The van der Waals surface area contributed by atoms with Crippen molar-refractivity contribution in [1.82, 2.24) is 24.3 Å². The third kappa shape index (κ3) is 4.12. The maximum absolute atomic E-state index is 13.4. The van der Waals surface area contributed by atoms with Crippen molar-refractivity contribution < 1.29 is 4.39 Å². The molecule has 4 aromatic rings. The maximum Gasteiger partial charge on any atom is 0.122 e. The lowest BCUT2D eigenvalue weighted by atomic mass is 10.1. The van der Waals surface area contributed by atoms with E-state index in [1.54, 1.807) is 31.6 Å². The van der Waals surface area contributed by atoms with Crippen LogP contribution in [0.25, 0.3) is 27.8 Å². The van der Waals surface area contributed by atoms with Gasteiger partial charge in [0.15, 0.2) is 0 Å². The highest BCUT2D eigenvalue weighted by Crippen LogP contribution is 2.27. The molecule has 3 aromatic heterocycles. The number of rotatable bonds is 6. The van der Waals surface area contributed by atoms with Crippen molar-refractivity contribution in [3.63, 3.8) is 0 Å². The summed E-state index contributed by atoms with van der Waals surface area (Å²) in [6.45, 7) is 4.30. The van der Waals surface area contributed by atoms with Crippen molar-refractivity contribution in [1.29, 1.82) is 0 Å². The Bertz CT molecular complexity index is 1240. The van der Waals surface area contributed by atoms with Gasteiger partial charge in [0.05, 0.1) is 36.0 Å². The Hall–Kier alpha value is -3.80. The van der Waals surface area contributed by atoms with Crippen LogP contribution < -0.4 is 0 Å². The molecular weight excluding hydrogens is 377 g/mol. The average molecular weight is 399 g/mol. The fourth-order valence-corrected chi connectivity index (χ4v) is 3.27. The number of allylic oxidation sites excluding steroid dienone is 6. The third-order valence-corrected chi connectivity index (χ3v) is 4.72. The van der Waals surface area contributed by atoms with Crippen molar-refractivity contribution in [2.75, 3.05) is 0 Å². The quantitative estimate of drug-likeness (QED) is 0.398. The number of imidazole rings is 1. The Morgan fingerprint density at radius 3 is 2.70 bits per heavy atom. The van der Waals surface area contributed by atoms with E-state index in [9.17, 15) is 4.39 Å². The van der Waals surface area contributed by atoms with Crippen LogP contribution in [0, 0.1) is 6.92 Å². The minimum absolute atomic E-state index is 0.278. The van der Waals surface area contributed by atoms with E-state index >= 15 is 0 Å². The van der Waals surface area contributed by atoms with Crippen LogP contribution >= 0.6 is 0 Å². The van der Waals surface area contributed by atoms with Gasteiger partial charge in [0.1, 0.15) is 5.83 Å². The van der Waals surface area contributed by atoms with E-state index in [1.807, 2.05) is 40.7 Å². The van der Waals surface area contributed by atoms with E-state index in [-0.39, 0.29) is 5.83 Å². The number of hydrogen-bond donors (Lipinski definition) is 0. The topological polar surface area (TPSA) is 48.5 Å². The van der Waals surface area contributed by atoms with Crippen molar-refractivity contribution in [2.45, 2.75) is 20.4 Å². The molecule has 0 amide bonds. The summed E-state index contributed by atoms with van der Waals surface area (Å²) in [5, 5.41) is 5.47. The van der Waals surface area contributed by atoms with Gasteiger partial charge in [-0.2, -0.15) is 5.10 Å². The number of nitrogens with zero attached hydrogens (tertiary/aromatic N) is 5. The highest BCUT2D eigenvalue weighted by atomic mass is 19.1. The molecule has 30 heavy (non-hydrogen) atoms. The molecule has 0 saturated carbocycles. The zero-order chi connectivity index (χ0) is 20.9. The summed E-state index contributed by atoms with van der Waals surface area (Å²) in [5.74, 6) is -0.278. The summed E-state index contributed by atoms with van der Waals surface area (Å²) in [7, 11) is 0. The second-order valence-corrected chi connectivity index (χ2v) is 6.87. The summed E-state index contributed by atoms with van der Waals surface area (Å²) >= 11 is 0. The van der Waals surface area contributed by atoms with Crippen LogP contribution in [0.3, 0.4) is 0 Å². The molecule has 4 rings (SSSR count). The number of halogens is 1. The Kier molecular flexibility index (Phi) is 5.66. The van der Waals surface area contributed by atoms with Crippen LogP contribution in [0.15, 0.2) is 91.5 Å². The Morgan fingerprint density at radius 2 is 1.97 bits per heavy atom. The van der Waals surface area contributed by atoms with E-state index in [0.29, 0.717) is 6.54 Å². The zero-order valence-corrected chi connectivity index (χ0v) is 16.9. The molecule has 6 heteroatoms. The van der Waals surface area contributed by atoms with Gasteiger partial charge in [-0.3, -0.25) is 9.67 Å². The minimum Gasteiger partial charge on any atom is -0.306 e. The first-order valence-electron chi connectivity index (χ1n) is 9.72. The SMILES string of the molecule is C\C=C/C(F)=C\C=C\Cn1ncc2c(-c3ccc(-n4cnc(C)c4)cc3)nccc21. The van der Waals surface area contributed by atoms with Gasteiger partial charge in [-0.15, -0.1) is 0 Å². The van der Waals surface area contributed by atoms with Crippen LogP contribution in [0.2, 0.25) is 0 Å². The summed E-state index contributed by atoms with van der Waals surface area (Å²) in [6, 6.07) is 10.2. The number of benzene rings is 1. The van der Waals surface area contributed by atoms with Gasteiger partial charge in [0.25, 0.3) is 0 Å². The lowest BCUT2D eigenvalue weighted by Crippen LogP contribution is -1.97. The number of aromatic nitrogens is 5. The molecule has 0 spiro atoms. The second kappa shape index (κ2) is 8.69. The first kappa shape index (κ1) is 19.5. The second-order valence-electron chi connectivity index (χ2n) is 6.87. The Labute approximate surface area is 174 Å². The van der Waals surface area contributed by atoms with Crippen LogP contribution in [0.4, 0.5) is 4.39 Å². The molecule has 0 fully saturated rings. The van der Waals surface area contributed by atoms with Crippen molar-refractivity contribution in [3.05, 3.63) is 97.2 Å². The van der Waals surface area contributed by atoms with Gasteiger partial charge in [-0.1, -0.05) is 30.4 Å². The Morgan fingerprint density at radius 1 is 1.13 bits per heavy atom. The molecule has 0 bridgehead atoms. The molecule has 5 nitrogen and oxygen atoms in total. The smallest absolute Gasteiger partial charge is 0.122 e. The molecule has 3 heterocycles. The van der Waals surface area contributed by atoms with E-state index in [0.717, 1.165) is 33.5 Å². The predicted octanol–water partition coefficient (Wildman–Crippen LogP) is 5.58. The molecule has 150 valence electrons. The van der Waals surface area contributed by atoms with E-state index in [1.165, 1.54) is 12.2 Å². The molecule has 0 aliphatic carbocycles. The lowest BCUT2D eigenvalue weighted by Gasteiger charge is -2.06. The number of pyridine rings is 1. The molecule has 1 aromatic carbocycles. The monoisotopic (exact) mass is 399 g/mol. The number of aryl methyl sites for hydroxylation is 1. The summed E-state index contributed by atoms with van der Waals surface area (Å²) in [6.07, 6.45) is 15.5. The van der Waals surface area contributed by atoms with E-state index in [4.69, 9.17) is 0 Å². The number of fused-ring (bicyclic) bond motifs is 1. The molecule has 0 unspecified atom stereocenters. The molecular formula is C24H22FN5. The lowest BCUT2D eigenvalue weighted by molar-refractivity contribution is 0.666. The first-order chi connectivity index (χ1) is 14.7. The summed E-state index contributed by atoms with van der Waals surface area (Å²) in [5.41, 5.74) is 4.91. The fraction of sp³-hybridized carbons (Fsp3) is 0.125. The van der Waals surface area contributed by atoms with Gasteiger partial charge >= 0.3 is 0 Å². The largest absolute Gasteiger partial charge is 0.306 e. The van der Waals surface area contributed by atoms with Crippen LogP contribution in [-0.4, -0.2) is 24.3 Å². The minimum atomic E-state index is -0.278. The standard InChI is InChI=1S/C24H22FN5/c1-3-6-20(25)7-4-5-14-30-23-12-13-26-24(22(23)15-28-30)19-8-10-21(11-9-19)29-16-18(2)27-17-29/h3-13,15-17H,14H2,1-2H3/b5-4+,6-3-,20-7+. The number of hydrogen-bond acceptors (Lipinski definition) is 3. The zero-order valence-electron chi connectivity index (χ0n) is 16.9. The van der Waals surface area contributed by atoms with Gasteiger partial charge < -0.3 is 4.57 Å². The molecule has 0 atom stereocenters. The fourth-order valence-electron chi connectivity index (χ4n) is 3.27. The molecule has 0 aliphatic heterocycles. The maximum atomic E-state index is 13.4. The van der Waals surface area contributed by atoms with Crippen LogP contribution in [-0.2, 0) is 6.54 Å². The van der Waals surface area contributed by atoms with E-state index < -0.39 is 0 Å². The molecule has 0 aliphatic rings. The van der Waals surface area contributed by atoms with Crippen molar-refractivity contribution in [3.8, 4) is 16.9 Å². The van der Waals surface area contributed by atoms with E-state index in [2.05, 4.69) is 39.3 Å². The first-order valence-corrected chi connectivity index (χ1v) is 9.72. The van der Waals surface area contributed by atoms with Crippen molar-refractivity contribution in [2.24, 2.45) is 0 Å². The normalized spacial score (nSPS) is 12.6. The van der Waals surface area contributed by atoms with Gasteiger partial charge in [-0.25, -0.2) is 9.37 Å². The van der Waals surface area contributed by atoms with Crippen LogP contribution in [0.1, 0.15) is 12.6 Å².